The SMILES string of the molecule is O=C(CSc1ncnc2sccc12)NC1CC1. The zero-order chi connectivity index (χ0) is 11.7. The first-order valence-electron chi connectivity index (χ1n) is 5.43. The van der Waals surface area contributed by atoms with Crippen LogP contribution in [0.15, 0.2) is 22.8 Å². The highest BCUT2D eigenvalue weighted by Crippen LogP contribution is 2.27. The summed E-state index contributed by atoms with van der Waals surface area (Å²) in [6.07, 6.45) is 3.80. The summed E-state index contributed by atoms with van der Waals surface area (Å²) < 4.78 is 0. The lowest BCUT2D eigenvalue weighted by atomic mass is 10.4. The molecule has 2 aromatic heterocycles. The van der Waals surface area contributed by atoms with Crippen LogP contribution in [0.5, 0.6) is 0 Å². The van der Waals surface area contributed by atoms with Crippen LogP contribution in [-0.4, -0.2) is 27.7 Å². The van der Waals surface area contributed by atoms with Crippen LogP contribution in [0.25, 0.3) is 10.2 Å². The first kappa shape index (κ1) is 11.0. The molecule has 1 fully saturated rings. The third-order valence-electron chi connectivity index (χ3n) is 2.51. The zero-order valence-electron chi connectivity index (χ0n) is 9.05. The Morgan fingerprint density at radius 1 is 1.53 bits per heavy atom. The number of thiophene rings is 1. The monoisotopic (exact) mass is 265 g/mol. The smallest absolute Gasteiger partial charge is 0.230 e. The van der Waals surface area contributed by atoms with Gasteiger partial charge in [0, 0.05) is 11.4 Å². The van der Waals surface area contributed by atoms with Crippen LogP contribution >= 0.6 is 23.1 Å². The zero-order valence-corrected chi connectivity index (χ0v) is 10.7. The van der Waals surface area contributed by atoms with Gasteiger partial charge >= 0.3 is 0 Å². The molecule has 1 saturated carbocycles. The van der Waals surface area contributed by atoms with Crippen LogP contribution in [-0.2, 0) is 4.79 Å². The number of hydrogen-bond donors (Lipinski definition) is 1. The molecule has 0 saturated heterocycles. The van der Waals surface area contributed by atoms with E-state index in [9.17, 15) is 4.79 Å². The number of carbonyl (C=O) groups excluding carboxylic acids is 1. The molecular formula is C11H11N3OS2. The van der Waals surface area contributed by atoms with Gasteiger partial charge in [-0.05, 0) is 24.3 Å². The molecule has 1 aliphatic carbocycles. The van der Waals surface area contributed by atoms with Gasteiger partial charge in [-0.15, -0.1) is 11.3 Å². The molecule has 0 aromatic carbocycles. The lowest BCUT2D eigenvalue weighted by molar-refractivity contribution is -0.118. The van der Waals surface area contributed by atoms with E-state index < -0.39 is 0 Å². The average Bonchev–Trinajstić information content (AvgIpc) is 3.00. The lowest BCUT2D eigenvalue weighted by Crippen LogP contribution is -2.27. The Labute approximate surface area is 107 Å². The van der Waals surface area contributed by atoms with Crippen molar-refractivity contribution in [2.45, 2.75) is 23.9 Å². The van der Waals surface area contributed by atoms with Gasteiger partial charge in [0.1, 0.15) is 16.2 Å². The van der Waals surface area contributed by atoms with Gasteiger partial charge in [0.05, 0.1) is 5.75 Å². The molecule has 88 valence electrons. The van der Waals surface area contributed by atoms with E-state index in [0.717, 1.165) is 28.1 Å². The van der Waals surface area contributed by atoms with Crippen LogP contribution in [0, 0.1) is 0 Å². The van der Waals surface area contributed by atoms with Crippen molar-refractivity contribution in [1.82, 2.24) is 15.3 Å². The van der Waals surface area contributed by atoms with E-state index in [1.54, 1.807) is 17.7 Å². The topological polar surface area (TPSA) is 54.9 Å². The van der Waals surface area contributed by atoms with Crippen LogP contribution in [0.4, 0.5) is 0 Å². The van der Waals surface area contributed by atoms with Crippen LogP contribution in [0.1, 0.15) is 12.8 Å². The van der Waals surface area contributed by atoms with Crippen molar-refractivity contribution >= 4 is 39.2 Å². The summed E-state index contributed by atoms with van der Waals surface area (Å²) in [5.41, 5.74) is 0. The van der Waals surface area contributed by atoms with E-state index in [4.69, 9.17) is 0 Å². The Balaban J connectivity index is 1.67. The second kappa shape index (κ2) is 4.62. The Morgan fingerprint density at radius 3 is 3.24 bits per heavy atom. The summed E-state index contributed by atoms with van der Waals surface area (Å²) >= 11 is 3.07. The number of thioether (sulfide) groups is 1. The average molecular weight is 265 g/mol. The lowest BCUT2D eigenvalue weighted by Gasteiger charge is -2.03. The molecule has 1 amide bonds. The second-order valence-corrected chi connectivity index (χ2v) is 5.81. The molecule has 0 radical (unpaired) electrons. The van der Waals surface area contributed by atoms with Crippen LogP contribution in [0.3, 0.4) is 0 Å². The maximum Gasteiger partial charge on any atom is 0.230 e. The van der Waals surface area contributed by atoms with Crippen molar-refractivity contribution in [3.8, 4) is 0 Å². The predicted molar refractivity (Wildman–Crippen MR) is 69.3 cm³/mol. The van der Waals surface area contributed by atoms with Crippen molar-refractivity contribution in [2.75, 3.05) is 5.75 Å². The highest BCUT2D eigenvalue weighted by Gasteiger charge is 2.23. The highest BCUT2D eigenvalue weighted by atomic mass is 32.2. The summed E-state index contributed by atoms with van der Waals surface area (Å²) in [6.45, 7) is 0. The number of aromatic nitrogens is 2. The Kier molecular flexibility index (Phi) is 2.98. The Hall–Kier alpha value is -1.14. The fraction of sp³-hybridized carbons (Fsp3) is 0.364. The van der Waals surface area contributed by atoms with Crippen LogP contribution < -0.4 is 5.32 Å². The molecule has 0 bridgehead atoms. The van der Waals surface area contributed by atoms with Crippen molar-refractivity contribution in [3.05, 3.63) is 17.8 Å². The summed E-state index contributed by atoms with van der Waals surface area (Å²) in [5.74, 6) is 0.526. The summed E-state index contributed by atoms with van der Waals surface area (Å²) in [4.78, 5) is 21.0. The van der Waals surface area contributed by atoms with Gasteiger partial charge in [-0.25, -0.2) is 9.97 Å². The molecular weight excluding hydrogens is 254 g/mol. The normalized spacial score (nSPS) is 15.1. The molecule has 2 aromatic rings. The standard InChI is InChI=1S/C11H11N3OS2/c15-9(14-7-1-2-7)5-17-11-8-3-4-16-10(8)12-6-13-11/h3-4,6-7H,1-2,5H2,(H,14,15). The molecule has 0 atom stereocenters. The number of nitrogens with zero attached hydrogens (tertiary/aromatic N) is 2. The minimum absolute atomic E-state index is 0.0968. The molecule has 1 N–H and O–H groups in total. The molecule has 0 unspecified atom stereocenters. The van der Waals surface area contributed by atoms with Gasteiger partial charge in [0.15, 0.2) is 0 Å². The second-order valence-electron chi connectivity index (χ2n) is 3.95. The van der Waals surface area contributed by atoms with Gasteiger partial charge in [0.25, 0.3) is 0 Å². The first-order chi connectivity index (χ1) is 8.33. The van der Waals surface area contributed by atoms with E-state index in [1.165, 1.54) is 11.8 Å². The third kappa shape index (κ3) is 2.58. The number of hydrogen-bond acceptors (Lipinski definition) is 5. The molecule has 6 heteroatoms. The largest absolute Gasteiger partial charge is 0.353 e. The van der Waals surface area contributed by atoms with Crippen molar-refractivity contribution < 1.29 is 4.79 Å². The van der Waals surface area contributed by atoms with E-state index in [2.05, 4.69) is 15.3 Å². The Morgan fingerprint density at radius 2 is 2.41 bits per heavy atom. The van der Waals surface area contributed by atoms with Gasteiger partial charge in [-0.3, -0.25) is 4.79 Å². The Bertz CT molecular complexity index is 550. The molecule has 3 rings (SSSR count). The minimum atomic E-state index is 0.0968. The minimum Gasteiger partial charge on any atom is -0.353 e. The van der Waals surface area contributed by atoms with E-state index in [-0.39, 0.29) is 5.91 Å². The summed E-state index contributed by atoms with van der Waals surface area (Å²) in [5, 5.41) is 6.89. The molecule has 2 heterocycles. The summed E-state index contributed by atoms with van der Waals surface area (Å²) in [6, 6.07) is 2.43. The fourth-order valence-corrected chi connectivity index (χ4v) is 3.10. The fourth-order valence-electron chi connectivity index (χ4n) is 1.51. The number of rotatable bonds is 4. The predicted octanol–water partition coefficient (Wildman–Crippen LogP) is 2.06. The first-order valence-corrected chi connectivity index (χ1v) is 7.30. The van der Waals surface area contributed by atoms with Crippen molar-refractivity contribution in [2.24, 2.45) is 0 Å². The number of fused-ring (bicyclic) bond motifs is 1. The number of amides is 1. The van der Waals surface area contributed by atoms with Gasteiger partial charge in [-0.2, -0.15) is 0 Å². The molecule has 4 nitrogen and oxygen atoms in total. The third-order valence-corrected chi connectivity index (χ3v) is 4.33. The molecule has 0 aliphatic heterocycles. The van der Waals surface area contributed by atoms with Crippen molar-refractivity contribution in [3.63, 3.8) is 0 Å². The summed E-state index contributed by atoms with van der Waals surface area (Å²) in [7, 11) is 0. The van der Waals surface area contributed by atoms with E-state index in [1.807, 2.05) is 11.4 Å². The van der Waals surface area contributed by atoms with Gasteiger partial charge in [0.2, 0.25) is 5.91 Å². The molecule has 0 spiro atoms. The van der Waals surface area contributed by atoms with Crippen molar-refractivity contribution in [1.29, 1.82) is 0 Å². The highest BCUT2D eigenvalue weighted by molar-refractivity contribution is 8.00. The molecule has 17 heavy (non-hydrogen) atoms. The van der Waals surface area contributed by atoms with Gasteiger partial charge in [-0.1, -0.05) is 11.8 Å². The number of nitrogens with one attached hydrogen (secondary N) is 1. The van der Waals surface area contributed by atoms with Gasteiger partial charge < -0.3 is 5.32 Å². The van der Waals surface area contributed by atoms with E-state index in [0.29, 0.717) is 11.8 Å². The molecule has 1 aliphatic rings. The number of carbonyl (C=O) groups is 1. The van der Waals surface area contributed by atoms with E-state index >= 15 is 0 Å². The maximum absolute atomic E-state index is 11.6. The quantitative estimate of drug-likeness (QED) is 0.679. The maximum atomic E-state index is 11.6. The van der Waals surface area contributed by atoms with Crippen LogP contribution in [0.2, 0.25) is 0 Å².